The van der Waals surface area contributed by atoms with Gasteiger partial charge in [-0.25, -0.2) is 21.8 Å². The Morgan fingerprint density at radius 2 is 1.46 bits per heavy atom. The van der Waals surface area contributed by atoms with Crippen LogP contribution in [0.25, 0.3) is 5.65 Å². The Morgan fingerprint density at radius 3 is 2.11 bits per heavy atom. The van der Waals surface area contributed by atoms with Crippen LogP contribution in [-0.2, 0) is 25.4 Å². The van der Waals surface area contributed by atoms with Gasteiger partial charge < -0.3 is 5.32 Å². The second-order valence-corrected chi connectivity index (χ2v) is 12.3. The van der Waals surface area contributed by atoms with Crippen LogP contribution in [0.5, 0.6) is 0 Å². The summed E-state index contributed by atoms with van der Waals surface area (Å²) in [6.45, 7) is 1.84. The molecular weight excluding hydrogens is 512 g/mol. The summed E-state index contributed by atoms with van der Waals surface area (Å²) >= 11 is 0. The molecule has 5 aromatic rings. The maximum absolute atomic E-state index is 13.8. The lowest BCUT2D eigenvalue weighted by molar-refractivity contribution is 0.594. The van der Waals surface area contributed by atoms with Gasteiger partial charge in [0.15, 0.2) is 20.4 Å². The highest BCUT2D eigenvalue weighted by molar-refractivity contribution is 7.92. The van der Waals surface area contributed by atoms with Crippen LogP contribution in [0, 0.1) is 6.92 Å². The summed E-state index contributed by atoms with van der Waals surface area (Å²) in [5, 5.41) is 5.81. The molecule has 9 nitrogen and oxygen atoms in total. The van der Waals surface area contributed by atoms with E-state index in [0.717, 1.165) is 16.1 Å². The van der Waals surface area contributed by atoms with Gasteiger partial charge in [0, 0.05) is 11.8 Å². The smallest absolute Gasteiger partial charge is 0.273 e. The fourth-order valence-corrected chi connectivity index (χ4v) is 6.63. The third-order valence-corrected chi connectivity index (χ3v) is 9.19. The van der Waals surface area contributed by atoms with E-state index >= 15 is 0 Å². The largest absolute Gasteiger partial charge is 0.339 e. The van der Waals surface area contributed by atoms with Gasteiger partial charge in [0.25, 0.3) is 5.56 Å². The Hall–Kier alpha value is -4.22. The molecule has 2 aromatic heterocycles. The van der Waals surface area contributed by atoms with E-state index in [1.54, 1.807) is 54.6 Å². The highest BCUT2D eigenvalue weighted by atomic mass is 32.2. The molecule has 11 heteroatoms. The van der Waals surface area contributed by atoms with E-state index in [4.69, 9.17) is 0 Å². The van der Waals surface area contributed by atoms with Crippen LogP contribution in [0.2, 0.25) is 0 Å². The van der Waals surface area contributed by atoms with Crippen LogP contribution in [0.15, 0.2) is 110 Å². The zero-order valence-electron chi connectivity index (χ0n) is 19.6. The number of aromatic nitrogens is 3. The van der Waals surface area contributed by atoms with Crippen LogP contribution in [0.3, 0.4) is 0 Å². The molecule has 0 amide bonds. The Balaban J connectivity index is 1.71. The number of rotatable bonds is 7. The molecule has 0 atom stereocenters. The van der Waals surface area contributed by atoms with Crippen molar-refractivity contribution in [3.63, 3.8) is 0 Å². The van der Waals surface area contributed by atoms with Gasteiger partial charge in [0.1, 0.15) is 5.82 Å². The molecule has 37 heavy (non-hydrogen) atoms. The number of nitrogens with one attached hydrogen (secondary N) is 2. The van der Waals surface area contributed by atoms with Gasteiger partial charge in [-0.2, -0.15) is 4.52 Å². The number of nitrogens with zero attached hydrogens (tertiary/aromatic N) is 2. The number of hydrogen-bond acceptors (Lipinski definition) is 7. The van der Waals surface area contributed by atoms with Gasteiger partial charge in [-0.05, 0) is 43.3 Å². The summed E-state index contributed by atoms with van der Waals surface area (Å²) in [4.78, 5) is 17.2. The van der Waals surface area contributed by atoms with Crippen LogP contribution in [-0.4, -0.2) is 31.4 Å². The van der Waals surface area contributed by atoms with Gasteiger partial charge in [-0.15, -0.1) is 0 Å². The highest BCUT2D eigenvalue weighted by Crippen LogP contribution is 2.32. The SMILES string of the molecule is Cc1ccc(S(=O)(=O)c2c(Nc3ccccc3)[nH]n3c(=O)cc(CS(=O)(=O)c4ccccc4)nc23)cc1. The molecule has 0 radical (unpaired) electrons. The van der Waals surface area contributed by atoms with Gasteiger partial charge in [0.05, 0.1) is 21.2 Å². The lowest BCUT2D eigenvalue weighted by atomic mass is 10.2. The van der Waals surface area contributed by atoms with Crippen LogP contribution in [0.1, 0.15) is 11.3 Å². The van der Waals surface area contributed by atoms with Gasteiger partial charge in [-0.1, -0.05) is 54.1 Å². The summed E-state index contributed by atoms with van der Waals surface area (Å²) in [5.74, 6) is -0.543. The Kier molecular flexibility index (Phi) is 6.18. The van der Waals surface area contributed by atoms with Crippen molar-refractivity contribution >= 4 is 36.8 Å². The first-order valence-electron chi connectivity index (χ1n) is 11.2. The lowest BCUT2D eigenvalue weighted by Gasteiger charge is -2.09. The normalized spacial score (nSPS) is 12.0. The summed E-state index contributed by atoms with van der Waals surface area (Å²) in [6, 6.07) is 24.0. The Labute approximate surface area is 213 Å². The number of benzene rings is 3. The van der Waals surface area contributed by atoms with E-state index in [1.807, 2.05) is 13.0 Å². The van der Waals surface area contributed by atoms with Gasteiger partial charge in [0.2, 0.25) is 9.84 Å². The van der Waals surface area contributed by atoms with Crippen molar-refractivity contribution in [3.05, 3.63) is 113 Å². The first-order valence-corrected chi connectivity index (χ1v) is 14.3. The molecule has 0 aliphatic rings. The number of aryl methyl sites for hydroxylation is 1. The molecule has 0 saturated carbocycles. The van der Waals surface area contributed by atoms with E-state index in [2.05, 4.69) is 15.4 Å². The number of fused-ring (bicyclic) bond motifs is 1. The second kappa shape index (κ2) is 9.34. The molecule has 0 saturated heterocycles. The first-order chi connectivity index (χ1) is 17.6. The zero-order valence-corrected chi connectivity index (χ0v) is 21.3. The van der Waals surface area contributed by atoms with E-state index in [-0.39, 0.29) is 31.8 Å². The molecule has 2 heterocycles. The second-order valence-electron chi connectivity index (χ2n) is 8.44. The maximum atomic E-state index is 13.8. The van der Waals surface area contributed by atoms with E-state index in [0.29, 0.717) is 5.69 Å². The lowest BCUT2D eigenvalue weighted by Crippen LogP contribution is -2.18. The van der Waals surface area contributed by atoms with Gasteiger partial charge in [-0.3, -0.25) is 9.89 Å². The van der Waals surface area contributed by atoms with Crippen molar-refractivity contribution in [2.45, 2.75) is 27.4 Å². The molecule has 0 fully saturated rings. The molecule has 5 rings (SSSR count). The third-order valence-electron chi connectivity index (χ3n) is 5.71. The molecular formula is C26H22N4O5S2. The summed E-state index contributed by atoms with van der Waals surface area (Å²) in [6.07, 6.45) is 0. The molecule has 0 bridgehead atoms. The minimum Gasteiger partial charge on any atom is -0.339 e. The summed E-state index contributed by atoms with van der Waals surface area (Å²) in [7, 11) is -8.02. The number of H-pyrrole nitrogens is 1. The van der Waals surface area contributed by atoms with Crippen LogP contribution >= 0.6 is 0 Å². The summed E-state index contributed by atoms with van der Waals surface area (Å²) in [5.41, 5.74) is 0.534. The van der Waals surface area contributed by atoms with E-state index < -0.39 is 31.0 Å². The number of para-hydroxylation sites is 1. The maximum Gasteiger partial charge on any atom is 0.273 e. The summed E-state index contributed by atoms with van der Waals surface area (Å²) < 4.78 is 54.5. The monoisotopic (exact) mass is 534 g/mol. The zero-order chi connectivity index (χ0) is 26.2. The predicted octanol–water partition coefficient (Wildman–Crippen LogP) is 3.88. The topological polar surface area (TPSA) is 130 Å². The number of hydrogen-bond donors (Lipinski definition) is 2. The fourth-order valence-electron chi connectivity index (χ4n) is 3.88. The number of sulfone groups is 2. The first kappa shape index (κ1) is 24.5. The van der Waals surface area contributed by atoms with Crippen LogP contribution in [0.4, 0.5) is 11.5 Å². The average molecular weight is 535 g/mol. The minimum atomic E-state index is -4.18. The third kappa shape index (κ3) is 4.78. The van der Waals surface area contributed by atoms with Crippen LogP contribution < -0.4 is 10.9 Å². The molecule has 0 aliphatic carbocycles. The van der Waals surface area contributed by atoms with Crippen molar-refractivity contribution in [2.24, 2.45) is 0 Å². The van der Waals surface area contributed by atoms with Crippen molar-refractivity contribution in [2.75, 3.05) is 5.32 Å². The standard InChI is InChI=1S/C26H22N4O5S2/c1-18-12-14-22(15-13-18)37(34,35)24-25(27-19-8-4-2-5-9-19)29-30-23(31)16-20(28-26(24)30)17-36(32,33)21-10-6-3-7-11-21/h2-16,27,29H,17H2,1H3. The molecule has 3 aromatic carbocycles. The highest BCUT2D eigenvalue weighted by Gasteiger charge is 2.30. The number of anilines is 2. The minimum absolute atomic E-state index is 0.00673. The molecule has 0 spiro atoms. The number of aromatic amines is 1. The fraction of sp³-hybridized carbons (Fsp3) is 0.0769. The average Bonchev–Trinajstić information content (AvgIpc) is 3.24. The van der Waals surface area contributed by atoms with Crippen molar-refractivity contribution in [1.82, 2.24) is 14.6 Å². The van der Waals surface area contributed by atoms with E-state index in [1.165, 1.54) is 24.3 Å². The Bertz CT molecular complexity index is 1860. The molecule has 0 aliphatic heterocycles. The van der Waals surface area contributed by atoms with Crippen molar-refractivity contribution < 1.29 is 16.8 Å². The van der Waals surface area contributed by atoms with Gasteiger partial charge >= 0.3 is 0 Å². The molecule has 188 valence electrons. The predicted molar refractivity (Wildman–Crippen MR) is 139 cm³/mol. The van der Waals surface area contributed by atoms with Crippen molar-refractivity contribution in [1.29, 1.82) is 0 Å². The molecule has 2 N–H and O–H groups in total. The Morgan fingerprint density at radius 1 is 0.838 bits per heavy atom. The quantitative estimate of drug-likeness (QED) is 0.324. The molecule has 0 unspecified atom stereocenters. The van der Waals surface area contributed by atoms with Crippen molar-refractivity contribution in [3.8, 4) is 0 Å². The van der Waals surface area contributed by atoms with E-state index in [9.17, 15) is 21.6 Å².